The van der Waals surface area contributed by atoms with Crippen LogP contribution in [0.4, 0.5) is 0 Å². The van der Waals surface area contributed by atoms with Gasteiger partial charge in [0.2, 0.25) is 11.8 Å². The van der Waals surface area contributed by atoms with E-state index in [1.165, 1.54) is 5.56 Å². The maximum Gasteiger partial charge on any atom is 0.222 e. The third-order valence-corrected chi connectivity index (χ3v) is 5.16. The third kappa shape index (κ3) is 4.30. The lowest BCUT2D eigenvalue weighted by molar-refractivity contribution is -0.133. The lowest BCUT2D eigenvalue weighted by atomic mass is 9.90. The molecule has 0 saturated heterocycles. The molecular weight excluding hydrogens is 340 g/mol. The summed E-state index contributed by atoms with van der Waals surface area (Å²) < 4.78 is 5.34. The van der Waals surface area contributed by atoms with Crippen molar-refractivity contribution in [1.82, 2.24) is 10.2 Å². The first-order valence-corrected chi connectivity index (χ1v) is 9.25. The van der Waals surface area contributed by atoms with Crippen LogP contribution in [0.3, 0.4) is 0 Å². The number of amides is 2. The SMILES string of the molecule is COc1cc(CNC(=O)CC2c3ccccc3CCN2C(C)=O)ccc1C. The maximum absolute atomic E-state index is 12.6. The van der Waals surface area contributed by atoms with Gasteiger partial charge in [0.15, 0.2) is 0 Å². The molecule has 2 amide bonds. The Morgan fingerprint density at radius 2 is 2.00 bits per heavy atom. The topological polar surface area (TPSA) is 58.6 Å². The fourth-order valence-electron chi connectivity index (χ4n) is 3.67. The van der Waals surface area contributed by atoms with E-state index in [4.69, 9.17) is 4.74 Å². The van der Waals surface area contributed by atoms with Crippen LogP contribution in [0.15, 0.2) is 42.5 Å². The van der Waals surface area contributed by atoms with Crippen LogP contribution in [0.2, 0.25) is 0 Å². The molecule has 3 rings (SSSR count). The minimum Gasteiger partial charge on any atom is -0.496 e. The van der Waals surface area contributed by atoms with Crippen molar-refractivity contribution in [3.8, 4) is 5.75 Å². The summed E-state index contributed by atoms with van der Waals surface area (Å²) in [7, 11) is 1.64. The molecule has 1 aliphatic rings. The number of carbonyl (C=O) groups excluding carboxylic acids is 2. The van der Waals surface area contributed by atoms with E-state index in [9.17, 15) is 9.59 Å². The molecule has 0 fully saturated rings. The van der Waals surface area contributed by atoms with Crippen LogP contribution in [-0.4, -0.2) is 30.4 Å². The summed E-state index contributed by atoms with van der Waals surface area (Å²) in [6.45, 7) is 4.64. The average molecular weight is 366 g/mol. The van der Waals surface area contributed by atoms with Gasteiger partial charge in [0.1, 0.15) is 5.75 Å². The fourth-order valence-corrected chi connectivity index (χ4v) is 3.67. The van der Waals surface area contributed by atoms with Crippen molar-refractivity contribution >= 4 is 11.8 Å². The minimum atomic E-state index is -0.208. The van der Waals surface area contributed by atoms with Gasteiger partial charge in [-0.1, -0.05) is 36.4 Å². The number of hydrogen-bond acceptors (Lipinski definition) is 3. The molecule has 2 aromatic rings. The van der Waals surface area contributed by atoms with Crippen molar-refractivity contribution in [2.45, 2.75) is 39.3 Å². The quantitative estimate of drug-likeness (QED) is 0.884. The van der Waals surface area contributed by atoms with Crippen molar-refractivity contribution in [1.29, 1.82) is 0 Å². The Labute approximate surface area is 160 Å². The van der Waals surface area contributed by atoms with Crippen LogP contribution in [0.5, 0.6) is 5.75 Å². The summed E-state index contributed by atoms with van der Waals surface area (Å²) in [6.07, 6.45) is 1.09. The van der Waals surface area contributed by atoms with Gasteiger partial charge >= 0.3 is 0 Å². The molecule has 0 saturated carbocycles. The molecule has 0 aliphatic carbocycles. The first kappa shape index (κ1) is 19.0. The normalized spacial score (nSPS) is 15.8. The molecule has 142 valence electrons. The summed E-state index contributed by atoms with van der Waals surface area (Å²) >= 11 is 0. The van der Waals surface area contributed by atoms with Crippen LogP contribution < -0.4 is 10.1 Å². The van der Waals surface area contributed by atoms with Crippen molar-refractivity contribution in [2.75, 3.05) is 13.7 Å². The van der Waals surface area contributed by atoms with Gasteiger partial charge in [-0.05, 0) is 41.7 Å². The molecule has 1 atom stereocenters. The largest absolute Gasteiger partial charge is 0.496 e. The van der Waals surface area contributed by atoms with Gasteiger partial charge in [-0.15, -0.1) is 0 Å². The molecular formula is C22H26N2O3. The predicted octanol–water partition coefficient (Wildman–Crippen LogP) is 3.16. The molecule has 2 aromatic carbocycles. The van der Waals surface area contributed by atoms with E-state index in [0.29, 0.717) is 13.1 Å². The van der Waals surface area contributed by atoms with Gasteiger partial charge in [-0.2, -0.15) is 0 Å². The van der Waals surface area contributed by atoms with Crippen molar-refractivity contribution in [3.63, 3.8) is 0 Å². The highest BCUT2D eigenvalue weighted by Crippen LogP contribution is 2.32. The zero-order valence-corrected chi connectivity index (χ0v) is 16.1. The van der Waals surface area contributed by atoms with E-state index >= 15 is 0 Å². The predicted molar refractivity (Wildman–Crippen MR) is 104 cm³/mol. The molecule has 0 radical (unpaired) electrons. The standard InChI is InChI=1S/C22H26N2O3/c1-15-8-9-17(12-21(15)27-3)14-23-22(26)13-20-19-7-5-4-6-18(19)10-11-24(20)16(2)25/h4-9,12,20H,10-11,13-14H2,1-3H3,(H,23,26). The fraction of sp³-hybridized carbons (Fsp3) is 0.364. The number of methoxy groups -OCH3 is 1. The molecule has 0 spiro atoms. The molecule has 27 heavy (non-hydrogen) atoms. The number of rotatable bonds is 5. The molecule has 1 heterocycles. The van der Waals surface area contributed by atoms with E-state index in [1.54, 1.807) is 18.9 Å². The molecule has 1 aliphatic heterocycles. The minimum absolute atomic E-state index is 0.00516. The number of aryl methyl sites for hydroxylation is 1. The number of benzene rings is 2. The Bertz CT molecular complexity index is 847. The Kier molecular flexibility index (Phi) is 5.79. The number of fused-ring (bicyclic) bond motifs is 1. The first-order chi connectivity index (χ1) is 13.0. The Morgan fingerprint density at radius 3 is 2.74 bits per heavy atom. The molecule has 0 bridgehead atoms. The van der Waals surface area contributed by atoms with Crippen LogP contribution in [0.25, 0.3) is 0 Å². The monoisotopic (exact) mass is 366 g/mol. The molecule has 1 N–H and O–H groups in total. The zero-order valence-electron chi connectivity index (χ0n) is 16.1. The average Bonchev–Trinajstić information content (AvgIpc) is 2.67. The molecule has 1 unspecified atom stereocenters. The number of ether oxygens (including phenoxy) is 1. The van der Waals surface area contributed by atoms with Gasteiger partial charge < -0.3 is 15.0 Å². The number of hydrogen-bond donors (Lipinski definition) is 1. The van der Waals surface area contributed by atoms with Crippen molar-refractivity contribution in [3.05, 3.63) is 64.7 Å². The highest BCUT2D eigenvalue weighted by molar-refractivity contribution is 5.79. The summed E-state index contributed by atoms with van der Waals surface area (Å²) in [5, 5.41) is 2.97. The van der Waals surface area contributed by atoms with Gasteiger partial charge in [0.25, 0.3) is 0 Å². The van der Waals surface area contributed by atoms with E-state index in [-0.39, 0.29) is 24.3 Å². The van der Waals surface area contributed by atoms with Crippen LogP contribution in [0.1, 0.15) is 41.6 Å². The second kappa shape index (κ2) is 8.25. The lowest BCUT2D eigenvalue weighted by Gasteiger charge is -2.36. The van der Waals surface area contributed by atoms with Crippen molar-refractivity contribution in [2.24, 2.45) is 0 Å². The molecule has 0 aromatic heterocycles. The summed E-state index contributed by atoms with van der Waals surface area (Å²) in [5.41, 5.74) is 4.34. The Balaban J connectivity index is 1.69. The maximum atomic E-state index is 12.6. The lowest BCUT2D eigenvalue weighted by Crippen LogP contribution is -2.41. The number of carbonyl (C=O) groups is 2. The Morgan fingerprint density at radius 1 is 1.22 bits per heavy atom. The van der Waals surface area contributed by atoms with Gasteiger partial charge in [0, 0.05) is 20.0 Å². The summed E-state index contributed by atoms with van der Waals surface area (Å²) in [6, 6.07) is 13.8. The van der Waals surface area contributed by atoms with Gasteiger partial charge in [-0.25, -0.2) is 0 Å². The number of nitrogens with one attached hydrogen (secondary N) is 1. The Hall–Kier alpha value is -2.82. The van der Waals surface area contributed by atoms with Crippen LogP contribution in [0, 0.1) is 6.92 Å². The highest BCUT2D eigenvalue weighted by atomic mass is 16.5. The van der Waals surface area contributed by atoms with Crippen molar-refractivity contribution < 1.29 is 14.3 Å². The molecule has 5 nitrogen and oxygen atoms in total. The van der Waals surface area contributed by atoms with Crippen LogP contribution in [-0.2, 0) is 22.6 Å². The number of nitrogens with zero attached hydrogens (tertiary/aromatic N) is 1. The van der Waals surface area contributed by atoms with E-state index in [1.807, 2.05) is 43.3 Å². The second-order valence-corrected chi connectivity index (χ2v) is 6.96. The van der Waals surface area contributed by atoms with E-state index in [2.05, 4.69) is 11.4 Å². The highest BCUT2D eigenvalue weighted by Gasteiger charge is 2.30. The summed E-state index contributed by atoms with van der Waals surface area (Å²) in [4.78, 5) is 26.5. The van der Waals surface area contributed by atoms with Gasteiger partial charge in [0.05, 0.1) is 19.6 Å². The smallest absolute Gasteiger partial charge is 0.222 e. The molecule has 5 heteroatoms. The van der Waals surface area contributed by atoms with Crippen LogP contribution >= 0.6 is 0 Å². The second-order valence-electron chi connectivity index (χ2n) is 6.96. The van der Waals surface area contributed by atoms with E-state index in [0.717, 1.165) is 28.9 Å². The first-order valence-electron chi connectivity index (χ1n) is 9.25. The van der Waals surface area contributed by atoms with E-state index < -0.39 is 0 Å². The van der Waals surface area contributed by atoms with Gasteiger partial charge in [-0.3, -0.25) is 9.59 Å². The zero-order chi connectivity index (χ0) is 19.4. The summed E-state index contributed by atoms with van der Waals surface area (Å²) in [5.74, 6) is 0.749. The third-order valence-electron chi connectivity index (χ3n) is 5.16.